The number of ether oxygens (including phenoxy) is 2. The number of nitrogens with one attached hydrogen (secondary N) is 3. The number of carbonyl (C=O) groups excluding carboxylic acids is 2. The van der Waals surface area contributed by atoms with Crippen LogP contribution in [-0.2, 0) is 25.8 Å². The van der Waals surface area contributed by atoms with Gasteiger partial charge in [0.05, 0.1) is 22.7 Å². The van der Waals surface area contributed by atoms with Crippen molar-refractivity contribution in [1.82, 2.24) is 10.8 Å². The Morgan fingerprint density at radius 1 is 1.18 bits per heavy atom. The quantitative estimate of drug-likeness (QED) is 0.502. The number of nitrogens with zero attached hydrogens (tertiary/aromatic N) is 1. The van der Waals surface area contributed by atoms with E-state index in [4.69, 9.17) is 9.47 Å². The van der Waals surface area contributed by atoms with Crippen LogP contribution >= 0.6 is 0 Å². The molecule has 1 fully saturated rings. The number of benzene rings is 2. The molecule has 1 unspecified atom stereocenters. The summed E-state index contributed by atoms with van der Waals surface area (Å²) in [4.78, 5) is 27.6. The summed E-state index contributed by atoms with van der Waals surface area (Å²) in [7, 11) is -4.54. The molecular formula is C23H25F3N4O7S. The molecule has 38 heavy (non-hydrogen) atoms. The van der Waals surface area contributed by atoms with E-state index in [1.807, 2.05) is 0 Å². The van der Waals surface area contributed by atoms with E-state index in [1.165, 1.54) is 18.2 Å². The van der Waals surface area contributed by atoms with Crippen molar-refractivity contribution in [3.63, 3.8) is 0 Å². The highest BCUT2D eigenvalue weighted by molar-refractivity contribution is 7.92. The molecule has 0 radical (unpaired) electrons. The van der Waals surface area contributed by atoms with E-state index in [0.717, 1.165) is 22.5 Å². The average Bonchev–Trinajstić information content (AvgIpc) is 3.21. The Balaban J connectivity index is 1.70. The lowest BCUT2D eigenvalue weighted by Gasteiger charge is -2.36. The monoisotopic (exact) mass is 558 g/mol. The van der Waals surface area contributed by atoms with Crippen LogP contribution in [0.1, 0.15) is 32.8 Å². The first-order valence-corrected chi connectivity index (χ1v) is 12.8. The first-order chi connectivity index (χ1) is 17.6. The molecule has 11 nitrogen and oxygen atoms in total. The number of fused-ring (bicyclic) bond motifs is 1. The highest BCUT2D eigenvalue weighted by Crippen LogP contribution is 2.40. The van der Waals surface area contributed by atoms with Crippen molar-refractivity contribution in [2.24, 2.45) is 0 Å². The topological polar surface area (TPSA) is 135 Å². The van der Waals surface area contributed by atoms with E-state index >= 15 is 0 Å². The molecule has 1 saturated heterocycles. The Morgan fingerprint density at radius 2 is 1.92 bits per heavy atom. The van der Waals surface area contributed by atoms with Gasteiger partial charge in [0.15, 0.2) is 0 Å². The van der Waals surface area contributed by atoms with Gasteiger partial charge in [0.2, 0.25) is 0 Å². The van der Waals surface area contributed by atoms with Crippen molar-refractivity contribution >= 4 is 33.6 Å². The van der Waals surface area contributed by atoms with E-state index in [9.17, 15) is 31.2 Å². The van der Waals surface area contributed by atoms with Crippen molar-refractivity contribution in [3.8, 4) is 5.75 Å². The van der Waals surface area contributed by atoms with Gasteiger partial charge in [0.1, 0.15) is 23.6 Å². The van der Waals surface area contributed by atoms with E-state index in [1.54, 1.807) is 20.8 Å². The molecule has 2 heterocycles. The van der Waals surface area contributed by atoms with Gasteiger partial charge in [-0.15, -0.1) is 5.48 Å². The molecule has 3 N–H and O–H groups in total. The summed E-state index contributed by atoms with van der Waals surface area (Å²) in [5.41, 5.74) is 0.686. The van der Waals surface area contributed by atoms with Crippen molar-refractivity contribution in [1.29, 1.82) is 0 Å². The molecule has 0 aromatic heterocycles. The number of sulfonamides is 1. The molecule has 2 aromatic rings. The molecule has 0 bridgehead atoms. The van der Waals surface area contributed by atoms with Crippen LogP contribution in [0.3, 0.4) is 0 Å². The molecule has 206 valence electrons. The molecule has 0 aliphatic carbocycles. The molecule has 2 aromatic carbocycles. The maximum absolute atomic E-state index is 13.7. The smallest absolute Gasteiger partial charge is 0.427 e. The number of halogens is 3. The third-order valence-corrected chi connectivity index (χ3v) is 7.15. The van der Waals surface area contributed by atoms with E-state index in [2.05, 4.69) is 21.0 Å². The van der Waals surface area contributed by atoms with Crippen LogP contribution in [0.4, 0.5) is 34.1 Å². The zero-order chi connectivity index (χ0) is 27.9. The predicted molar refractivity (Wildman–Crippen MR) is 128 cm³/mol. The number of hydroxylamine groups is 1. The van der Waals surface area contributed by atoms with Gasteiger partial charge < -0.3 is 19.6 Å². The molecule has 0 spiro atoms. The summed E-state index contributed by atoms with van der Waals surface area (Å²) in [6.07, 6.45) is -7.72. The van der Waals surface area contributed by atoms with Gasteiger partial charge in [-0.05, 0) is 57.2 Å². The number of hydrogen-bond acceptors (Lipinski definition) is 8. The highest BCUT2D eigenvalue weighted by Gasteiger charge is 2.39. The van der Waals surface area contributed by atoms with Crippen molar-refractivity contribution in [2.75, 3.05) is 16.2 Å². The number of carbonyl (C=O) groups is 2. The second-order valence-electron chi connectivity index (χ2n) is 9.55. The predicted octanol–water partition coefficient (Wildman–Crippen LogP) is 3.97. The SMILES string of the molecule is CC(C)(C)OC(=O)Nc1ccc2c(c1)N(S(=O)(=O)c1cccc(C(F)(F)F)c1)C[C@H](CC1NOC(=O)N1)O2. The number of alkyl halides is 3. The number of rotatable bonds is 5. The third-order valence-electron chi connectivity index (χ3n) is 5.37. The second kappa shape index (κ2) is 9.87. The molecular weight excluding hydrogens is 533 g/mol. The van der Waals surface area contributed by atoms with Gasteiger partial charge in [-0.2, -0.15) is 13.2 Å². The maximum Gasteiger partial charge on any atom is 0.427 e. The van der Waals surface area contributed by atoms with Crippen molar-refractivity contribution < 1.29 is 45.5 Å². The molecule has 2 atom stereocenters. The fourth-order valence-electron chi connectivity index (χ4n) is 3.82. The first kappa shape index (κ1) is 27.3. The van der Waals surface area contributed by atoms with Crippen LogP contribution in [0.15, 0.2) is 47.4 Å². The molecule has 2 amide bonds. The standard InChI is InChI=1S/C23H25F3N4O7S/c1-22(2,3)36-20(31)27-14-7-8-18-17(10-14)30(12-15(35-18)11-19-28-21(32)37-29-19)38(33,34)16-6-4-5-13(9-16)23(24,25)26/h4-10,15,19,29H,11-12H2,1-3H3,(H,27,31)(H,28,32)/t15-,19?/m0/s1. The minimum absolute atomic E-state index is 0.00751. The van der Waals surface area contributed by atoms with Crippen LogP contribution < -0.4 is 25.2 Å². The summed E-state index contributed by atoms with van der Waals surface area (Å²) in [6, 6.07) is 7.58. The van der Waals surface area contributed by atoms with Crippen LogP contribution in [-0.4, -0.2) is 45.0 Å². The van der Waals surface area contributed by atoms with Crippen molar-refractivity contribution in [3.05, 3.63) is 48.0 Å². The van der Waals surface area contributed by atoms with Crippen LogP contribution in [0.25, 0.3) is 0 Å². The third kappa shape index (κ3) is 6.22. The molecule has 4 rings (SSSR count). The molecule has 2 aliphatic heterocycles. The van der Waals surface area contributed by atoms with E-state index < -0.39 is 56.7 Å². The van der Waals surface area contributed by atoms with Gasteiger partial charge in [-0.3, -0.25) is 9.62 Å². The highest BCUT2D eigenvalue weighted by atomic mass is 32.2. The van der Waals surface area contributed by atoms with Crippen molar-refractivity contribution in [2.45, 2.75) is 56.1 Å². The summed E-state index contributed by atoms with van der Waals surface area (Å²) < 4.78 is 79.3. The minimum atomic E-state index is -4.76. The zero-order valence-corrected chi connectivity index (χ0v) is 21.3. The van der Waals surface area contributed by atoms with Gasteiger partial charge in [-0.25, -0.2) is 18.0 Å². The molecule has 0 saturated carbocycles. The van der Waals surface area contributed by atoms with Gasteiger partial charge in [0, 0.05) is 12.1 Å². The lowest BCUT2D eigenvalue weighted by atomic mass is 10.1. The van der Waals surface area contributed by atoms with Crippen LogP contribution in [0, 0.1) is 0 Å². The fraction of sp³-hybridized carbons (Fsp3) is 0.391. The molecule has 2 aliphatic rings. The normalized spacial score (nSPS) is 19.6. The number of amides is 2. The Labute approximate surface area is 216 Å². The van der Waals surface area contributed by atoms with Gasteiger partial charge in [0.25, 0.3) is 10.0 Å². The summed E-state index contributed by atoms with van der Waals surface area (Å²) >= 11 is 0. The van der Waals surface area contributed by atoms with E-state index in [0.29, 0.717) is 6.07 Å². The summed E-state index contributed by atoms with van der Waals surface area (Å²) in [6.45, 7) is 4.70. The Kier molecular flexibility index (Phi) is 7.09. The first-order valence-electron chi connectivity index (χ1n) is 11.4. The Bertz CT molecular complexity index is 1350. The maximum atomic E-state index is 13.7. The Hall–Kier alpha value is -3.72. The largest absolute Gasteiger partial charge is 0.486 e. The molecule has 15 heteroatoms. The zero-order valence-electron chi connectivity index (χ0n) is 20.5. The fourth-order valence-corrected chi connectivity index (χ4v) is 5.36. The number of hydrogen-bond donors (Lipinski definition) is 3. The lowest BCUT2D eigenvalue weighted by molar-refractivity contribution is -0.137. The van der Waals surface area contributed by atoms with Crippen LogP contribution in [0.5, 0.6) is 5.75 Å². The summed E-state index contributed by atoms with van der Waals surface area (Å²) in [5, 5.41) is 4.98. The van der Waals surface area contributed by atoms with Gasteiger partial charge >= 0.3 is 18.4 Å². The van der Waals surface area contributed by atoms with Gasteiger partial charge in [-0.1, -0.05) is 6.07 Å². The average molecular weight is 559 g/mol. The second-order valence-corrected chi connectivity index (χ2v) is 11.4. The van der Waals surface area contributed by atoms with E-state index in [-0.39, 0.29) is 30.1 Å². The number of anilines is 2. The Morgan fingerprint density at radius 3 is 2.55 bits per heavy atom. The summed E-state index contributed by atoms with van der Waals surface area (Å²) in [5.74, 6) is 0.0942. The van der Waals surface area contributed by atoms with Crippen LogP contribution in [0.2, 0.25) is 0 Å². The minimum Gasteiger partial charge on any atom is -0.486 e. The lowest BCUT2D eigenvalue weighted by Crippen LogP contribution is -2.47.